The van der Waals surface area contributed by atoms with Crippen molar-refractivity contribution in [3.8, 4) is 10.8 Å². The van der Waals surface area contributed by atoms with Crippen molar-refractivity contribution in [2.24, 2.45) is 0 Å². The average molecular weight is 212 g/mol. The lowest BCUT2D eigenvalue weighted by atomic mass is 9.99. The molecule has 1 aliphatic rings. The van der Waals surface area contributed by atoms with E-state index in [1.54, 1.807) is 0 Å². The van der Waals surface area contributed by atoms with Gasteiger partial charge in [0.1, 0.15) is 0 Å². The Bertz CT molecular complexity index is 147. The van der Waals surface area contributed by atoms with Crippen LogP contribution in [0.3, 0.4) is 0 Å². The van der Waals surface area contributed by atoms with E-state index in [-0.39, 0.29) is 12.4 Å². The first-order chi connectivity index (χ1) is 3.77. The topological polar surface area (TPSA) is 32.3 Å². The van der Waals surface area contributed by atoms with E-state index in [0.717, 1.165) is 0 Å². The molecule has 1 fully saturated rings. The maximum absolute atomic E-state index is 9.14. The molecule has 0 radical (unpaired) electrons. The SMILES string of the molecule is Cl.OC1(C#CBr)CNC1. The molecule has 0 aromatic carbocycles. The Morgan fingerprint density at radius 3 is 2.22 bits per heavy atom. The number of hydrogen-bond acceptors (Lipinski definition) is 2. The van der Waals surface area contributed by atoms with E-state index < -0.39 is 5.60 Å². The second-order valence-corrected chi connectivity index (χ2v) is 2.25. The molecule has 9 heavy (non-hydrogen) atoms. The Morgan fingerprint density at radius 2 is 2.11 bits per heavy atom. The zero-order valence-corrected chi connectivity index (χ0v) is 7.05. The fraction of sp³-hybridized carbons (Fsp3) is 0.600. The summed E-state index contributed by atoms with van der Waals surface area (Å²) in [4.78, 5) is 2.48. The van der Waals surface area contributed by atoms with Gasteiger partial charge in [-0.25, -0.2) is 0 Å². The van der Waals surface area contributed by atoms with E-state index in [0.29, 0.717) is 13.1 Å². The van der Waals surface area contributed by atoms with Crippen molar-refractivity contribution in [3.63, 3.8) is 0 Å². The van der Waals surface area contributed by atoms with Gasteiger partial charge in [0.15, 0.2) is 5.60 Å². The maximum atomic E-state index is 9.14. The highest BCUT2D eigenvalue weighted by Gasteiger charge is 2.31. The Hall–Kier alpha value is 0.250. The zero-order chi connectivity index (χ0) is 6.04. The second kappa shape index (κ2) is 3.43. The van der Waals surface area contributed by atoms with Gasteiger partial charge in [-0.05, 0) is 4.83 Å². The molecular weight excluding hydrogens is 205 g/mol. The van der Waals surface area contributed by atoms with Crippen LogP contribution in [-0.2, 0) is 0 Å². The Labute approximate surface area is 68.6 Å². The molecule has 0 aromatic rings. The minimum absolute atomic E-state index is 0. The zero-order valence-electron chi connectivity index (χ0n) is 4.65. The van der Waals surface area contributed by atoms with Crippen molar-refractivity contribution in [1.29, 1.82) is 0 Å². The summed E-state index contributed by atoms with van der Waals surface area (Å²) in [6.07, 6.45) is 0. The highest BCUT2D eigenvalue weighted by Crippen LogP contribution is 2.07. The van der Waals surface area contributed by atoms with Crippen LogP contribution in [0.4, 0.5) is 0 Å². The molecule has 0 amide bonds. The van der Waals surface area contributed by atoms with Crippen LogP contribution in [0, 0.1) is 10.8 Å². The Morgan fingerprint density at radius 1 is 1.56 bits per heavy atom. The average Bonchev–Trinajstić information content (AvgIpc) is 1.64. The van der Waals surface area contributed by atoms with Gasteiger partial charge in [0, 0.05) is 29.0 Å². The second-order valence-electron chi connectivity index (χ2n) is 1.85. The standard InChI is InChI=1S/C5H6BrNO.ClH/c6-2-1-5(8)3-7-4-5;/h7-8H,3-4H2;1H. The molecule has 2 N–H and O–H groups in total. The van der Waals surface area contributed by atoms with Crippen LogP contribution in [0.15, 0.2) is 0 Å². The molecule has 0 aromatic heterocycles. The van der Waals surface area contributed by atoms with E-state index >= 15 is 0 Å². The predicted octanol–water partition coefficient (Wildman–Crippen LogP) is 0.0983. The highest BCUT2D eigenvalue weighted by molar-refractivity contribution is 9.12. The van der Waals surface area contributed by atoms with Crippen molar-refractivity contribution in [1.82, 2.24) is 5.32 Å². The first-order valence-corrected chi connectivity index (χ1v) is 3.12. The Kier molecular flexibility index (Phi) is 3.52. The van der Waals surface area contributed by atoms with Crippen LogP contribution >= 0.6 is 28.3 Å². The van der Waals surface area contributed by atoms with Gasteiger partial charge in [-0.15, -0.1) is 12.4 Å². The Balaban J connectivity index is 0.000000640. The first kappa shape index (κ1) is 9.25. The summed E-state index contributed by atoms with van der Waals surface area (Å²) in [6, 6.07) is 0. The molecule has 1 aliphatic heterocycles. The predicted molar refractivity (Wildman–Crippen MR) is 41.8 cm³/mol. The van der Waals surface area contributed by atoms with E-state index in [4.69, 9.17) is 5.11 Å². The molecule has 1 saturated heterocycles. The number of β-amino-alcohol motifs (C(OH)–C–C–N with tert-alkyl or cyclic N) is 1. The smallest absolute Gasteiger partial charge is 0.150 e. The highest BCUT2D eigenvalue weighted by atomic mass is 79.9. The molecule has 1 rings (SSSR count). The minimum Gasteiger partial charge on any atom is -0.375 e. The van der Waals surface area contributed by atoms with Gasteiger partial charge in [-0.2, -0.15) is 0 Å². The number of hydrogen-bond donors (Lipinski definition) is 2. The number of aliphatic hydroxyl groups is 1. The largest absolute Gasteiger partial charge is 0.375 e. The van der Waals surface area contributed by atoms with Crippen LogP contribution in [-0.4, -0.2) is 23.8 Å². The lowest BCUT2D eigenvalue weighted by Gasteiger charge is -2.32. The van der Waals surface area contributed by atoms with Gasteiger partial charge in [0.25, 0.3) is 0 Å². The molecule has 0 unspecified atom stereocenters. The van der Waals surface area contributed by atoms with E-state index in [1.165, 1.54) is 0 Å². The molecule has 0 aliphatic carbocycles. The van der Waals surface area contributed by atoms with Crippen molar-refractivity contribution in [2.75, 3.05) is 13.1 Å². The van der Waals surface area contributed by atoms with Crippen LogP contribution in [0.2, 0.25) is 0 Å². The first-order valence-electron chi connectivity index (χ1n) is 2.33. The van der Waals surface area contributed by atoms with E-state index in [9.17, 15) is 0 Å². The summed E-state index contributed by atoms with van der Waals surface area (Å²) in [5.74, 6) is 2.62. The normalized spacial score (nSPS) is 20.2. The lowest BCUT2D eigenvalue weighted by molar-refractivity contribution is 0.0474. The van der Waals surface area contributed by atoms with E-state index in [2.05, 4.69) is 32.0 Å². The monoisotopic (exact) mass is 211 g/mol. The summed E-state index contributed by atoms with van der Waals surface area (Å²) in [5, 5.41) is 12.1. The summed E-state index contributed by atoms with van der Waals surface area (Å²) < 4.78 is 0. The van der Waals surface area contributed by atoms with Crippen LogP contribution in [0.1, 0.15) is 0 Å². The van der Waals surface area contributed by atoms with Crippen molar-refractivity contribution in [2.45, 2.75) is 5.60 Å². The summed E-state index contributed by atoms with van der Waals surface area (Å²) >= 11 is 2.91. The third-order valence-corrected chi connectivity index (χ3v) is 1.31. The van der Waals surface area contributed by atoms with Gasteiger partial charge >= 0.3 is 0 Å². The molecule has 1 heterocycles. The molecule has 0 atom stereocenters. The summed E-state index contributed by atoms with van der Waals surface area (Å²) in [7, 11) is 0. The molecule has 52 valence electrons. The van der Waals surface area contributed by atoms with Gasteiger partial charge in [0.05, 0.1) is 0 Å². The molecule has 2 nitrogen and oxygen atoms in total. The summed E-state index contributed by atoms with van der Waals surface area (Å²) in [5.41, 5.74) is -0.747. The van der Waals surface area contributed by atoms with Crippen LogP contribution in [0.5, 0.6) is 0 Å². The fourth-order valence-corrected chi connectivity index (χ4v) is 0.907. The third-order valence-electron chi connectivity index (χ3n) is 1.11. The fourth-order valence-electron chi connectivity index (χ4n) is 0.538. The number of rotatable bonds is 0. The molecule has 0 bridgehead atoms. The van der Waals surface area contributed by atoms with E-state index in [1.807, 2.05) is 0 Å². The lowest BCUT2D eigenvalue weighted by Crippen LogP contribution is -2.58. The summed E-state index contributed by atoms with van der Waals surface area (Å²) in [6.45, 7) is 1.18. The van der Waals surface area contributed by atoms with Gasteiger partial charge in [0.2, 0.25) is 0 Å². The quantitative estimate of drug-likeness (QED) is 0.558. The van der Waals surface area contributed by atoms with Gasteiger partial charge < -0.3 is 10.4 Å². The van der Waals surface area contributed by atoms with Crippen LogP contribution in [0.25, 0.3) is 0 Å². The molecule has 0 spiro atoms. The maximum Gasteiger partial charge on any atom is 0.150 e. The number of halogens is 2. The van der Waals surface area contributed by atoms with Gasteiger partial charge in [-0.1, -0.05) is 5.92 Å². The minimum atomic E-state index is -0.747. The molecular formula is C5H7BrClNO. The van der Waals surface area contributed by atoms with Crippen molar-refractivity contribution in [3.05, 3.63) is 0 Å². The number of nitrogens with one attached hydrogen (secondary N) is 1. The van der Waals surface area contributed by atoms with Crippen LogP contribution < -0.4 is 5.32 Å². The van der Waals surface area contributed by atoms with Crippen molar-refractivity contribution >= 4 is 28.3 Å². The van der Waals surface area contributed by atoms with Gasteiger partial charge in [-0.3, -0.25) is 0 Å². The van der Waals surface area contributed by atoms with Crippen molar-refractivity contribution < 1.29 is 5.11 Å². The third kappa shape index (κ3) is 2.15. The molecule has 0 saturated carbocycles. The molecule has 4 heteroatoms.